The van der Waals surface area contributed by atoms with Crippen molar-refractivity contribution in [1.82, 2.24) is 15.2 Å². The third kappa shape index (κ3) is 5.19. The fraction of sp³-hybridized carbons (Fsp3) is 0.0385. The minimum atomic E-state index is -0.452. The van der Waals surface area contributed by atoms with E-state index in [1.54, 1.807) is 48.7 Å². The van der Waals surface area contributed by atoms with Crippen LogP contribution in [0.25, 0.3) is 22.0 Å². The third-order valence-corrected chi connectivity index (χ3v) is 5.31. The molecule has 0 radical (unpaired) electrons. The van der Waals surface area contributed by atoms with Crippen LogP contribution in [0.5, 0.6) is 5.75 Å². The van der Waals surface area contributed by atoms with Crippen molar-refractivity contribution < 1.29 is 13.9 Å². The lowest BCUT2D eigenvalue weighted by atomic mass is 10.0. The molecule has 0 aliphatic carbocycles. The molecular weight excluding hydrogens is 447 g/mol. The summed E-state index contributed by atoms with van der Waals surface area (Å²) in [4.78, 5) is 16.8. The zero-order valence-electron chi connectivity index (χ0n) is 18.5. The Morgan fingerprint density at radius 1 is 0.971 bits per heavy atom. The zero-order chi connectivity index (χ0) is 24.2. The van der Waals surface area contributed by atoms with Crippen LogP contribution in [0.2, 0.25) is 0 Å². The molecule has 9 heteroatoms. The average Bonchev–Trinajstić information content (AvgIpc) is 3.23. The molecule has 0 saturated heterocycles. The van der Waals surface area contributed by atoms with Gasteiger partial charge in [0.2, 0.25) is 0 Å². The lowest BCUT2D eigenvalue weighted by molar-refractivity contribution is 0.262. The quantitative estimate of drug-likeness (QED) is 0.260. The van der Waals surface area contributed by atoms with Crippen LogP contribution in [-0.2, 0) is 6.61 Å². The largest absolute Gasteiger partial charge is 0.489 e. The van der Waals surface area contributed by atoms with E-state index in [0.717, 1.165) is 22.0 Å². The number of pyridine rings is 1. The van der Waals surface area contributed by atoms with Gasteiger partial charge in [-0.1, -0.05) is 24.3 Å². The third-order valence-electron chi connectivity index (χ3n) is 5.31. The molecule has 2 heterocycles. The van der Waals surface area contributed by atoms with Gasteiger partial charge in [-0.15, -0.1) is 0 Å². The number of halogens is 1. The number of carbonyl (C=O) groups is 1. The number of aromatic amines is 1. The molecule has 35 heavy (non-hydrogen) atoms. The van der Waals surface area contributed by atoms with Crippen LogP contribution in [0.4, 0.5) is 26.5 Å². The van der Waals surface area contributed by atoms with E-state index in [2.05, 4.69) is 25.8 Å². The molecule has 5 rings (SSSR count). The number of nitrogens with two attached hydrogens (primary N) is 1. The highest BCUT2D eigenvalue weighted by atomic mass is 19.1. The molecule has 3 aromatic carbocycles. The molecule has 0 aliphatic rings. The molecular formula is C26H21FN6O2. The molecule has 2 amide bonds. The summed E-state index contributed by atoms with van der Waals surface area (Å²) in [5, 5.41) is 13.2. The van der Waals surface area contributed by atoms with Gasteiger partial charge in [-0.05, 0) is 65.2 Å². The van der Waals surface area contributed by atoms with Crippen LogP contribution in [-0.4, -0.2) is 21.2 Å². The summed E-state index contributed by atoms with van der Waals surface area (Å²) in [5.41, 5.74) is 9.79. The Labute approximate surface area is 200 Å². The normalized spacial score (nSPS) is 10.8. The van der Waals surface area contributed by atoms with Gasteiger partial charge in [-0.3, -0.25) is 10.4 Å². The molecule has 0 bridgehead atoms. The molecule has 0 spiro atoms. The molecule has 0 fully saturated rings. The second kappa shape index (κ2) is 9.52. The monoisotopic (exact) mass is 468 g/mol. The number of nitrogens with zero attached hydrogens (tertiary/aromatic N) is 2. The summed E-state index contributed by atoms with van der Waals surface area (Å²) in [7, 11) is 0. The van der Waals surface area contributed by atoms with Crippen LogP contribution in [0.1, 0.15) is 5.56 Å². The maximum Gasteiger partial charge on any atom is 0.324 e. The van der Waals surface area contributed by atoms with Gasteiger partial charge in [0.15, 0.2) is 5.82 Å². The fourth-order valence-electron chi connectivity index (χ4n) is 3.63. The summed E-state index contributed by atoms with van der Waals surface area (Å²) in [6.45, 7) is 0.209. The van der Waals surface area contributed by atoms with E-state index in [1.807, 2.05) is 24.3 Å². The van der Waals surface area contributed by atoms with Gasteiger partial charge in [0, 0.05) is 23.3 Å². The van der Waals surface area contributed by atoms with E-state index in [4.69, 9.17) is 10.5 Å². The van der Waals surface area contributed by atoms with E-state index < -0.39 is 6.03 Å². The number of fused-ring (bicyclic) bond motifs is 1. The summed E-state index contributed by atoms with van der Waals surface area (Å²) in [6.07, 6.45) is 1.62. The van der Waals surface area contributed by atoms with Crippen molar-refractivity contribution in [1.29, 1.82) is 0 Å². The van der Waals surface area contributed by atoms with Crippen LogP contribution in [0.3, 0.4) is 0 Å². The molecule has 8 nitrogen and oxygen atoms in total. The highest BCUT2D eigenvalue weighted by molar-refractivity contribution is 5.99. The van der Waals surface area contributed by atoms with Gasteiger partial charge in [0.05, 0.1) is 5.52 Å². The SMILES string of the molecule is Nc1n[nH]c2ccc(-c3ccnc(NC(=O)Nc4cccc(OCc5cccc(F)c5)c4)c3)cc12. The Morgan fingerprint density at radius 2 is 1.83 bits per heavy atom. The molecule has 0 unspecified atom stereocenters. The highest BCUT2D eigenvalue weighted by Crippen LogP contribution is 2.27. The zero-order valence-corrected chi connectivity index (χ0v) is 18.5. The minimum Gasteiger partial charge on any atom is -0.489 e. The first-order chi connectivity index (χ1) is 17.0. The maximum atomic E-state index is 13.3. The number of nitrogen functional groups attached to an aromatic ring is 1. The molecule has 2 aromatic heterocycles. The van der Waals surface area contributed by atoms with E-state index >= 15 is 0 Å². The number of hydrogen-bond donors (Lipinski definition) is 4. The standard InChI is InChI=1S/C26H21FN6O2/c27-19-4-1-3-16(11-19)15-35-21-6-2-5-20(14-21)30-26(34)31-24-13-18(9-10-29-24)17-7-8-23-22(12-17)25(28)33-32-23/h1-14H,15H2,(H3,28,32,33)(H2,29,30,31,34). The number of carbonyl (C=O) groups excluding carboxylic acids is 1. The summed E-state index contributed by atoms with van der Waals surface area (Å²) in [6, 6.07) is 22.1. The van der Waals surface area contributed by atoms with Crippen molar-refractivity contribution in [2.45, 2.75) is 6.61 Å². The van der Waals surface area contributed by atoms with Crippen LogP contribution in [0, 0.1) is 5.82 Å². The Bertz CT molecular complexity index is 1520. The lowest BCUT2D eigenvalue weighted by Gasteiger charge is -2.11. The second-order valence-electron chi connectivity index (χ2n) is 7.82. The van der Waals surface area contributed by atoms with Gasteiger partial charge >= 0.3 is 6.03 Å². The van der Waals surface area contributed by atoms with Gasteiger partial charge in [0.1, 0.15) is 24.0 Å². The number of rotatable bonds is 6. The number of anilines is 3. The molecule has 0 atom stereocenters. The summed E-state index contributed by atoms with van der Waals surface area (Å²) >= 11 is 0. The highest BCUT2D eigenvalue weighted by Gasteiger charge is 2.09. The summed E-state index contributed by atoms with van der Waals surface area (Å²) < 4.78 is 19.1. The fourth-order valence-corrected chi connectivity index (χ4v) is 3.63. The van der Waals surface area contributed by atoms with Crippen molar-refractivity contribution in [2.75, 3.05) is 16.4 Å². The van der Waals surface area contributed by atoms with Gasteiger partial charge in [-0.2, -0.15) is 5.10 Å². The molecule has 174 valence electrons. The van der Waals surface area contributed by atoms with Crippen molar-refractivity contribution in [3.63, 3.8) is 0 Å². The van der Waals surface area contributed by atoms with E-state index in [9.17, 15) is 9.18 Å². The lowest BCUT2D eigenvalue weighted by Crippen LogP contribution is -2.20. The van der Waals surface area contributed by atoms with Crippen LogP contribution >= 0.6 is 0 Å². The van der Waals surface area contributed by atoms with Crippen molar-refractivity contribution in [3.05, 3.63) is 96.4 Å². The minimum absolute atomic E-state index is 0.209. The molecule has 0 aliphatic heterocycles. The van der Waals surface area contributed by atoms with E-state index in [-0.39, 0.29) is 12.4 Å². The van der Waals surface area contributed by atoms with Crippen molar-refractivity contribution >= 4 is 34.3 Å². The topological polar surface area (TPSA) is 118 Å². The summed E-state index contributed by atoms with van der Waals surface area (Å²) in [5.74, 6) is 1.04. The molecule has 5 aromatic rings. The second-order valence-corrected chi connectivity index (χ2v) is 7.82. The van der Waals surface area contributed by atoms with Crippen molar-refractivity contribution in [2.24, 2.45) is 0 Å². The van der Waals surface area contributed by atoms with E-state index in [1.165, 1.54) is 12.1 Å². The maximum absolute atomic E-state index is 13.3. The number of urea groups is 1. The number of benzene rings is 3. The van der Waals surface area contributed by atoms with Crippen LogP contribution in [0.15, 0.2) is 85.1 Å². The Kier molecular flexibility index (Phi) is 5.96. The average molecular weight is 468 g/mol. The first kappa shape index (κ1) is 21.9. The molecule has 5 N–H and O–H groups in total. The van der Waals surface area contributed by atoms with Gasteiger partial charge in [0.25, 0.3) is 0 Å². The smallest absolute Gasteiger partial charge is 0.324 e. The Morgan fingerprint density at radius 3 is 2.71 bits per heavy atom. The Balaban J connectivity index is 1.24. The Hall–Kier alpha value is -4.92. The predicted octanol–water partition coefficient (Wildman–Crippen LogP) is 5.57. The first-order valence-corrected chi connectivity index (χ1v) is 10.8. The number of amides is 2. The predicted molar refractivity (Wildman–Crippen MR) is 134 cm³/mol. The molecule has 0 saturated carbocycles. The van der Waals surface area contributed by atoms with Crippen molar-refractivity contribution in [3.8, 4) is 16.9 Å². The van der Waals surface area contributed by atoms with Gasteiger partial charge in [-0.25, -0.2) is 14.2 Å². The first-order valence-electron chi connectivity index (χ1n) is 10.8. The van der Waals surface area contributed by atoms with E-state index in [0.29, 0.717) is 28.6 Å². The number of ether oxygens (including phenoxy) is 1. The number of nitrogens with one attached hydrogen (secondary N) is 3. The van der Waals surface area contributed by atoms with Gasteiger partial charge < -0.3 is 15.8 Å². The number of H-pyrrole nitrogens is 1. The number of aromatic nitrogens is 3. The number of hydrogen-bond acceptors (Lipinski definition) is 5. The van der Waals surface area contributed by atoms with Crippen LogP contribution < -0.4 is 21.1 Å².